The molecule has 0 unspecified atom stereocenters. The number of carbonyl (C=O) groups is 1. The molecule has 1 saturated carbocycles. The van der Waals surface area contributed by atoms with E-state index < -0.39 is 0 Å². The molecule has 0 aromatic carbocycles. The molecule has 4 heteroatoms. The molecule has 20 heavy (non-hydrogen) atoms. The first-order chi connectivity index (χ1) is 9.28. The highest BCUT2D eigenvalue weighted by atomic mass is 16.2. The fraction of sp³-hybridized carbons (Fsp3) is 0.938. The van der Waals surface area contributed by atoms with Crippen molar-refractivity contribution in [2.75, 3.05) is 39.8 Å². The third kappa shape index (κ3) is 4.45. The number of likely N-dealkylation sites (N-methyl/N-ethyl adjacent to an activating group) is 1. The summed E-state index contributed by atoms with van der Waals surface area (Å²) >= 11 is 0. The topological polar surface area (TPSA) is 35.6 Å². The van der Waals surface area contributed by atoms with Gasteiger partial charge in [-0.1, -0.05) is 13.8 Å². The smallest absolute Gasteiger partial charge is 0.234 e. The van der Waals surface area contributed by atoms with Crippen LogP contribution in [0.2, 0.25) is 0 Å². The van der Waals surface area contributed by atoms with Crippen LogP contribution in [0.4, 0.5) is 0 Å². The zero-order valence-corrected chi connectivity index (χ0v) is 13.7. The normalized spacial score (nSPS) is 27.2. The number of hydrogen-bond acceptors (Lipinski definition) is 3. The Morgan fingerprint density at radius 3 is 2.10 bits per heavy atom. The predicted octanol–water partition coefficient (Wildman–Crippen LogP) is 1.71. The summed E-state index contributed by atoms with van der Waals surface area (Å²) in [6.45, 7) is 11.6. The molecule has 0 atom stereocenters. The maximum Gasteiger partial charge on any atom is 0.234 e. The fourth-order valence-corrected chi connectivity index (χ4v) is 3.19. The van der Waals surface area contributed by atoms with Gasteiger partial charge < -0.3 is 10.2 Å². The molecule has 0 radical (unpaired) electrons. The van der Waals surface area contributed by atoms with Crippen LogP contribution in [0.5, 0.6) is 0 Å². The zero-order valence-electron chi connectivity index (χ0n) is 13.7. The van der Waals surface area contributed by atoms with Gasteiger partial charge in [0, 0.05) is 31.7 Å². The Labute approximate surface area is 123 Å². The van der Waals surface area contributed by atoms with Gasteiger partial charge in [0.25, 0.3) is 0 Å². The number of carbonyl (C=O) groups excluding carboxylic acids is 1. The molecule has 1 N–H and O–H groups in total. The summed E-state index contributed by atoms with van der Waals surface area (Å²) < 4.78 is 0. The third-order valence-electron chi connectivity index (χ3n) is 5.11. The second kappa shape index (κ2) is 6.02. The van der Waals surface area contributed by atoms with Crippen LogP contribution in [0.25, 0.3) is 0 Å². The van der Waals surface area contributed by atoms with Gasteiger partial charge in [0.1, 0.15) is 0 Å². The Morgan fingerprint density at radius 2 is 1.55 bits per heavy atom. The summed E-state index contributed by atoms with van der Waals surface area (Å²) in [7, 11) is 2.14. The van der Waals surface area contributed by atoms with Crippen molar-refractivity contribution < 1.29 is 4.79 Å². The van der Waals surface area contributed by atoms with E-state index in [1.165, 1.54) is 12.8 Å². The van der Waals surface area contributed by atoms with Crippen LogP contribution < -0.4 is 5.32 Å². The Kier molecular flexibility index (Phi) is 4.75. The maximum absolute atomic E-state index is 12.3. The Bertz CT molecular complexity index is 336. The first-order valence-electron chi connectivity index (χ1n) is 8.00. The Hall–Kier alpha value is -0.610. The fourth-order valence-electron chi connectivity index (χ4n) is 3.19. The minimum atomic E-state index is 0.0131. The molecule has 1 aliphatic heterocycles. The van der Waals surface area contributed by atoms with Gasteiger partial charge in [-0.3, -0.25) is 9.69 Å². The average molecular weight is 281 g/mol. The van der Waals surface area contributed by atoms with Gasteiger partial charge in [-0.15, -0.1) is 0 Å². The summed E-state index contributed by atoms with van der Waals surface area (Å²) in [6, 6.07) is 0. The molecule has 4 nitrogen and oxygen atoms in total. The van der Waals surface area contributed by atoms with Crippen LogP contribution in [-0.2, 0) is 4.79 Å². The van der Waals surface area contributed by atoms with Gasteiger partial charge in [-0.05, 0) is 45.1 Å². The van der Waals surface area contributed by atoms with Gasteiger partial charge in [0.05, 0.1) is 6.54 Å². The molecule has 2 fully saturated rings. The van der Waals surface area contributed by atoms with Crippen molar-refractivity contribution in [3.63, 3.8) is 0 Å². The van der Waals surface area contributed by atoms with Crippen LogP contribution >= 0.6 is 0 Å². The van der Waals surface area contributed by atoms with E-state index in [0.717, 1.165) is 39.0 Å². The molecule has 0 aromatic rings. The number of hydrogen-bond donors (Lipinski definition) is 1. The van der Waals surface area contributed by atoms with E-state index in [1.54, 1.807) is 0 Å². The lowest BCUT2D eigenvalue weighted by atomic mass is 9.70. The van der Waals surface area contributed by atoms with E-state index in [9.17, 15) is 4.79 Å². The number of amides is 1. The standard InChI is InChI=1S/C16H31N3O/c1-15(2)5-7-16(3,8-6-15)17-14(20)13-19-11-9-18(4)10-12-19/h5-13H2,1-4H3,(H,17,20). The van der Waals surface area contributed by atoms with E-state index in [-0.39, 0.29) is 11.4 Å². The molecule has 2 rings (SSSR count). The highest BCUT2D eigenvalue weighted by molar-refractivity contribution is 5.78. The molecule has 2 aliphatic rings. The van der Waals surface area contributed by atoms with E-state index in [2.05, 4.69) is 42.9 Å². The minimum Gasteiger partial charge on any atom is -0.350 e. The van der Waals surface area contributed by atoms with Crippen LogP contribution in [0.3, 0.4) is 0 Å². The van der Waals surface area contributed by atoms with Crippen LogP contribution in [0.1, 0.15) is 46.5 Å². The number of nitrogens with zero attached hydrogens (tertiary/aromatic N) is 2. The molecule has 1 aliphatic carbocycles. The predicted molar refractivity (Wildman–Crippen MR) is 82.7 cm³/mol. The van der Waals surface area contributed by atoms with Crippen LogP contribution in [0, 0.1) is 5.41 Å². The van der Waals surface area contributed by atoms with E-state index >= 15 is 0 Å². The SMILES string of the molecule is CN1CCN(CC(=O)NC2(C)CCC(C)(C)CC2)CC1. The third-order valence-corrected chi connectivity index (χ3v) is 5.11. The molecular formula is C16H31N3O. The molecule has 116 valence electrons. The summed E-state index contributed by atoms with van der Waals surface area (Å²) in [5.41, 5.74) is 0.459. The van der Waals surface area contributed by atoms with Crippen molar-refractivity contribution in [1.29, 1.82) is 0 Å². The summed E-state index contributed by atoms with van der Waals surface area (Å²) in [6.07, 6.45) is 4.62. The highest BCUT2D eigenvalue weighted by Gasteiger charge is 2.35. The molecule has 0 aromatic heterocycles. The van der Waals surface area contributed by atoms with Gasteiger partial charge in [0.2, 0.25) is 5.91 Å². The number of nitrogens with one attached hydrogen (secondary N) is 1. The van der Waals surface area contributed by atoms with E-state index in [4.69, 9.17) is 0 Å². The summed E-state index contributed by atoms with van der Waals surface area (Å²) in [4.78, 5) is 16.8. The lowest BCUT2D eigenvalue weighted by molar-refractivity contribution is -0.125. The molecule has 1 heterocycles. The van der Waals surface area contributed by atoms with Crippen molar-refractivity contribution in [3.05, 3.63) is 0 Å². The molecule has 1 saturated heterocycles. The van der Waals surface area contributed by atoms with Crippen molar-refractivity contribution in [2.24, 2.45) is 5.41 Å². The maximum atomic E-state index is 12.3. The van der Waals surface area contributed by atoms with E-state index in [0.29, 0.717) is 12.0 Å². The van der Waals surface area contributed by atoms with Crippen molar-refractivity contribution in [2.45, 2.75) is 52.0 Å². The average Bonchev–Trinajstić information content (AvgIpc) is 2.36. The van der Waals surface area contributed by atoms with E-state index in [1.807, 2.05) is 0 Å². The second-order valence-corrected chi connectivity index (χ2v) is 7.85. The van der Waals surface area contributed by atoms with Crippen molar-refractivity contribution >= 4 is 5.91 Å². The molecular weight excluding hydrogens is 250 g/mol. The molecule has 0 spiro atoms. The molecule has 1 amide bonds. The zero-order chi connectivity index (χ0) is 14.8. The van der Waals surface area contributed by atoms with Gasteiger partial charge in [-0.25, -0.2) is 0 Å². The monoisotopic (exact) mass is 281 g/mol. The number of rotatable bonds is 3. The lowest BCUT2D eigenvalue weighted by Crippen LogP contribution is -2.54. The first kappa shape index (κ1) is 15.8. The van der Waals surface area contributed by atoms with Gasteiger partial charge in [-0.2, -0.15) is 0 Å². The minimum absolute atomic E-state index is 0.0131. The van der Waals surface area contributed by atoms with Crippen LogP contribution in [0.15, 0.2) is 0 Å². The molecule has 0 bridgehead atoms. The number of piperazine rings is 1. The van der Waals surface area contributed by atoms with Crippen molar-refractivity contribution in [1.82, 2.24) is 15.1 Å². The second-order valence-electron chi connectivity index (χ2n) is 7.85. The van der Waals surface area contributed by atoms with Crippen molar-refractivity contribution in [3.8, 4) is 0 Å². The largest absolute Gasteiger partial charge is 0.350 e. The van der Waals surface area contributed by atoms with Crippen LogP contribution in [-0.4, -0.2) is 61.0 Å². The Morgan fingerprint density at radius 1 is 1.00 bits per heavy atom. The summed E-state index contributed by atoms with van der Waals surface area (Å²) in [5, 5.41) is 3.30. The first-order valence-corrected chi connectivity index (χ1v) is 8.00. The summed E-state index contributed by atoms with van der Waals surface area (Å²) in [5.74, 6) is 0.205. The Balaban J connectivity index is 1.77. The quantitative estimate of drug-likeness (QED) is 0.855. The van der Waals surface area contributed by atoms with Gasteiger partial charge in [0.15, 0.2) is 0 Å². The lowest BCUT2D eigenvalue weighted by Gasteiger charge is -2.42. The highest BCUT2D eigenvalue weighted by Crippen LogP contribution is 2.39. The van der Waals surface area contributed by atoms with Gasteiger partial charge >= 0.3 is 0 Å².